The van der Waals surface area contributed by atoms with Crippen LogP contribution in [0.1, 0.15) is 45.1 Å². The van der Waals surface area contributed by atoms with Gasteiger partial charge < -0.3 is 14.7 Å². The summed E-state index contributed by atoms with van der Waals surface area (Å²) in [6.07, 6.45) is -1.30. The molecule has 2 saturated heterocycles. The topological polar surface area (TPSA) is 70.1 Å². The standard InChI is InChI=1S/C21H32N2O2.C2HF3O2/c1-4-21(5-2)16-19(25-20(21)24)9-10-22-11-13-23(14-12-22)18-8-6-7-17(3)15-18;3-2(4,5)1(6)7/h6-8,15,19H,4-5,9-14,16H2,1-3H3;(H,6,7). The van der Waals surface area contributed by atoms with E-state index in [9.17, 15) is 18.0 Å². The van der Waals surface area contributed by atoms with E-state index >= 15 is 0 Å². The van der Waals surface area contributed by atoms with Gasteiger partial charge in [0.05, 0.1) is 5.41 Å². The van der Waals surface area contributed by atoms with Crippen LogP contribution >= 0.6 is 0 Å². The second-order valence-corrected chi connectivity index (χ2v) is 8.48. The monoisotopic (exact) mass is 458 g/mol. The molecule has 0 saturated carbocycles. The van der Waals surface area contributed by atoms with Gasteiger partial charge in [-0.05, 0) is 43.9 Å². The van der Waals surface area contributed by atoms with E-state index in [0.717, 1.165) is 58.4 Å². The average molecular weight is 459 g/mol. The zero-order chi connectivity index (χ0) is 23.9. The maximum atomic E-state index is 12.2. The van der Waals surface area contributed by atoms with Gasteiger partial charge in [-0.1, -0.05) is 26.0 Å². The summed E-state index contributed by atoms with van der Waals surface area (Å²) >= 11 is 0. The van der Waals surface area contributed by atoms with Gasteiger partial charge in [0, 0.05) is 44.8 Å². The number of aliphatic carboxylic acids is 1. The van der Waals surface area contributed by atoms with Crippen LogP contribution in [0.2, 0.25) is 0 Å². The van der Waals surface area contributed by atoms with Crippen molar-refractivity contribution in [1.82, 2.24) is 4.90 Å². The quantitative estimate of drug-likeness (QED) is 0.643. The third-order valence-corrected chi connectivity index (χ3v) is 6.43. The molecular formula is C23H33F3N2O4. The van der Waals surface area contributed by atoms with Gasteiger partial charge in [-0.15, -0.1) is 0 Å². The fourth-order valence-corrected chi connectivity index (χ4v) is 4.21. The molecule has 0 amide bonds. The molecule has 2 heterocycles. The molecule has 1 aromatic carbocycles. The Labute approximate surface area is 187 Å². The summed E-state index contributed by atoms with van der Waals surface area (Å²) in [5, 5.41) is 7.12. The molecule has 2 fully saturated rings. The third kappa shape index (κ3) is 6.85. The Hall–Kier alpha value is -2.29. The summed E-state index contributed by atoms with van der Waals surface area (Å²) in [5.74, 6) is -2.72. The van der Waals surface area contributed by atoms with Crippen LogP contribution in [0, 0.1) is 12.3 Å². The number of hydrogen-bond acceptors (Lipinski definition) is 5. The normalized spacial score (nSPS) is 21.0. The molecule has 6 nitrogen and oxygen atoms in total. The Balaban J connectivity index is 0.000000451. The Morgan fingerprint density at radius 2 is 1.78 bits per heavy atom. The summed E-state index contributed by atoms with van der Waals surface area (Å²) in [4.78, 5) is 26.1. The molecule has 0 bridgehead atoms. The van der Waals surface area contributed by atoms with Crippen LogP contribution in [-0.4, -0.2) is 66.9 Å². The van der Waals surface area contributed by atoms with Crippen molar-refractivity contribution in [3.05, 3.63) is 29.8 Å². The molecule has 180 valence electrons. The van der Waals surface area contributed by atoms with E-state index in [1.165, 1.54) is 11.3 Å². The maximum Gasteiger partial charge on any atom is 0.490 e. The van der Waals surface area contributed by atoms with Gasteiger partial charge in [-0.3, -0.25) is 9.69 Å². The van der Waals surface area contributed by atoms with Gasteiger partial charge in [0.15, 0.2) is 0 Å². The highest BCUT2D eigenvalue weighted by Crippen LogP contribution is 2.41. The lowest BCUT2D eigenvalue weighted by Gasteiger charge is -2.36. The van der Waals surface area contributed by atoms with Gasteiger partial charge in [0.1, 0.15) is 6.10 Å². The first-order valence-corrected chi connectivity index (χ1v) is 11.1. The summed E-state index contributed by atoms with van der Waals surface area (Å²) in [6.45, 7) is 11.7. The van der Waals surface area contributed by atoms with Crippen molar-refractivity contribution in [1.29, 1.82) is 0 Å². The van der Waals surface area contributed by atoms with Crippen molar-refractivity contribution < 1.29 is 32.6 Å². The van der Waals surface area contributed by atoms with Crippen molar-refractivity contribution in [2.45, 2.75) is 58.7 Å². The number of cyclic esters (lactones) is 1. The number of esters is 1. The lowest BCUT2D eigenvalue weighted by atomic mass is 9.79. The first-order valence-electron chi connectivity index (χ1n) is 11.1. The smallest absolute Gasteiger partial charge is 0.475 e. The first-order chi connectivity index (χ1) is 15.0. The summed E-state index contributed by atoms with van der Waals surface area (Å²) in [6, 6.07) is 8.76. The molecule has 0 spiro atoms. The minimum absolute atomic E-state index is 0.0340. The fraction of sp³-hybridized carbons (Fsp3) is 0.652. The second-order valence-electron chi connectivity index (χ2n) is 8.48. The van der Waals surface area contributed by atoms with Crippen LogP contribution in [-0.2, 0) is 14.3 Å². The van der Waals surface area contributed by atoms with Crippen LogP contribution < -0.4 is 4.90 Å². The molecule has 32 heavy (non-hydrogen) atoms. The van der Waals surface area contributed by atoms with Crippen molar-refractivity contribution in [3.8, 4) is 0 Å². The Kier molecular flexibility index (Phi) is 8.95. The number of rotatable bonds is 6. The number of alkyl halides is 3. The predicted molar refractivity (Wildman–Crippen MR) is 116 cm³/mol. The Morgan fingerprint density at radius 3 is 2.25 bits per heavy atom. The SMILES string of the molecule is CCC1(CC)CC(CCN2CCN(c3cccc(C)c3)CC2)OC1=O.O=C(O)C(F)(F)F. The number of carbonyl (C=O) groups excluding carboxylic acids is 1. The highest BCUT2D eigenvalue weighted by molar-refractivity contribution is 5.79. The first kappa shape index (κ1) is 26.0. The van der Waals surface area contributed by atoms with Crippen LogP contribution in [0.4, 0.5) is 18.9 Å². The zero-order valence-electron chi connectivity index (χ0n) is 19.0. The third-order valence-electron chi connectivity index (χ3n) is 6.43. The summed E-state index contributed by atoms with van der Waals surface area (Å²) in [5.41, 5.74) is 2.44. The van der Waals surface area contributed by atoms with E-state index in [1.807, 2.05) is 0 Å². The number of hydrogen-bond donors (Lipinski definition) is 1. The summed E-state index contributed by atoms with van der Waals surface area (Å²) in [7, 11) is 0. The van der Waals surface area contributed by atoms with E-state index in [1.54, 1.807) is 0 Å². The number of carboxylic acid groups (broad SMARTS) is 1. The number of ether oxygens (including phenoxy) is 1. The molecule has 1 N–H and O–H groups in total. The molecular weight excluding hydrogens is 425 g/mol. The van der Waals surface area contributed by atoms with E-state index in [-0.39, 0.29) is 17.5 Å². The lowest BCUT2D eigenvalue weighted by Crippen LogP contribution is -2.47. The van der Waals surface area contributed by atoms with Crippen LogP contribution in [0.3, 0.4) is 0 Å². The average Bonchev–Trinajstić information content (AvgIpc) is 3.08. The maximum absolute atomic E-state index is 12.2. The minimum Gasteiger partial charge on any atom is -0.475 e. The molecule has 2 aliphatic heterocycles. The van der Waals surface area contributed by atoms with Gasteiger partial charge >= 0.3 is 18.1 Å². The largest absolute Gasteiger partial charge is 0.490 e. The molecule has 2 aliphatic rings. The number of piperazine rings is 1. The number of anilines is 1. The highest BCUT2D eigenvalue weighted by Gasteiger charge is 2.46. The molecule has 0 aromatic heterocycles. The molecule has 3 rings (SSSR count). The van der Waals surface area contributed by atoms with Gasteiger partial charge in [-0.25, -0.2) is 4.79 Å². The summed E-state index contributed by atoms with van der Waals surface area (Å²) < 4.78 is 37.4. The minimum atomic E-state index is -5.08. The molecule has 9 heteroatoms. The van der Waals surface area contributed by atoms with Crippen LogP contribution in [0.25, 0.3) is 0 Å². The zero-order valence-corrected chi connectivity index (χ0v) is 19.0. The van der Waals surface area contributed by atoms with Gasteiger partial charge in [-0.2, -0.15) is 13.2 Å². The molecule has 0 aliphatic carbocycles. The van der Waals surface area contributed by atoms with Gasteiger partial charge in [0.25, 0.3) is 0 Å². The molecule has 1 unspecified atom stereocenters. The Bertz CT molecular complexity index is 773. The van der Waals surface area contributed by atoms with E-state index < -0.39 is 12.1 Å². The van der Waals surface area contributed by atoms with Crippen molar-refractivity contribution in [2.75, 3.05) is 37.6 Å². The molecule has 1 atom stereocenters. The second kappa shape index (κ2) is 11.0. The van der Waals surface area contributed by atoms with Crippen molar-refractivity contribution in [3.63, 3.8) is 0 Å². The van der Waals surface area contributed by atoms with Crippen LogP contribution in [0.15, 0.2) is 24.3 Å². The van der Waals surface area contributed by atoms with Crippen molar-refractivity contribution >= 4 is 17.6 Å². The lowest BCUT2D eigenvalue weighted by molar-refractivity contribution is -0.192. The molecule has 1 aromatic rings. The number of carboxylic acids is 1. The fourth-order valence-electron chi connectivity index (χ4n) is 4.21. The van der Waals surface area contributed by atoms with Crippen LogP contribution in [0.5, 0.6) is 0 Å². The Morgan fingerprint density at radius 1 is 1.19 bits per heavy atom. The number of aryl methyl sites for hydroxylation is 1. The van der Waals surface area contributed by atoms with Gasteiger partial charge in [0.2, 0.25) is 0 Å². The predicted octanol–water partition coefficient (Wildman–Crippen LogP) is 4.26. The number of halogens is 3. The van der Waals surface area contributed by atoms with E-state index in [0.29, 0.717) is 0 Å². The molecule has 0 radical (unpaired) electrons. The van der Waals surface area contributed by atoms with Crippen molar-refractivity contribution in [2.24, 2.45) is 5.41 Å². The number of carbonyl (C=O) groups is 2. The highest BCUT2D eigenvalue weighted by atomic mass is 19.4. The number of nitrogens with zero attached hydrogens (tertiary/aromatic N) is 2. The van der Waals surface area contributed by atoms with E-state index in [4.69, 9.17) is 14.6 Å². The van der Waals surface area contributed by atoms with E-state index in [2.05, 4.69) is 54.8 Å². The number of benzene rings is 1.